The van der Waals surface area contributed by atoms with Gasteiger partial charge in [-0.15, -0.1) is 0 Å². The summed E-state index contributed by atoms with van der Waals surface area (Å²) < 4.78 is 0. The maximum Gasteiger partial charge on any atom is 0.326 e. The molecular formula is C20H38N10O7. The monoisotopic (exact) mass is 530 g/mol. The summed E-state index contributed by atoms with van der Waals surface area (Å²) >= 11 is 0. The van der Waals surface area contributed by atoms with Crippen LogP contribution < -0.4 is 50.4 Å². The molecule has 0 aliphatic heterocycles. The lowest BCUT2D eigenvalue weighted by atomic mass is 10.1. The number of carbonyl (C=O) groups excluding carboxylic acids is 5. The van der Waals surface area contributed by atoms with Gasteiger partial charge in [-0.2, -0.15) is 0 Å². The van der Waals surface area contributed by atoms with Crippen molar-refractivity contribution < 1.29 is 33.9 Å². The molecule has 0 radical (unpaired) electrons. The molecule has 0 saturated heterocycles. The van der Waals surface area contributed by atoms with E-state index in [1.54, 1.807) is 0 Å². The highest BCUT2D eigenvalue weighted by atomic mass is 16.4. The van der Waals surface area contributed by atoms with E-state index in [1.807, 2.05) is 0 Å². The number of hydrogen-bond donors (Lipinski definition) is 10. The quantitative estimate of drug-likeness (QED) is 0.0427. The summed E-state index contributed by atoms with van der Waals surface area (Å²) in [5.74, 6) is -6.24. The Balaban J connectivity index is 5.41. The Kier molecular flexibility index (Phi) is 15.6. The Morgan fingerprint density at radius 3 is 1.62 bits per heavy atom. The van der Waals surface area contributed by atoms with Crippen LogP contribution in [0.15, 0.2) is 4.99 Å². The Morgan fingerprint density at radius 2 is 1.19 bits per heavy atom. The molecule has 16 N–H and O–H groups in total. The van der Waals surface area contributed by atoms with Gasteiger partial charge in [0.15, 0.2) is 5.96 Å². The maximum atomic E-state index is 12.8. The second-order valence-electron chi connectivity index (χ2n) is 8.20. The Morgan fingerprint density at radius 1 is 0.703 bits per heavy atom. The first-order chi connectivity index (χ1) is 17.3. The van der Waals surface area contributed by atoms with Gasteiger partial charge in [-0.05, 0) is 38.6 Å². The number of hydrogen-bond acceptors (Lipinski definition) is 9. The number of carboxylic acid groups (broad SMARTS) is 1. The van der Waals surface area contributed by atoms with E-state index >= 15 is 0 Å². The third-order valence-corrected chi connectivity index (χ3v) is 4.94. The second-order valence-corrected chi connectivity index (χ2v) is 8.20. The first-order valence-electron chi connectivity index (χ1n) is 11.5. The van der Waals surface area contributed by atoms with Crippen molar-refractivity contribution in [3.05, 3.63) is 0 Å². The highest BCUT2D eigenvalue weighted by molar-refractivity contribution is 5.97. The average molecular weight is 531 g/mol. The highest BCUT2D eigenvalue weighted by Gasteiger charge is 2.31. The number of primary amides is 2. The van der Waals surface area contributed by atoms with Crippen LogP contribution in [-0.2, 0) is 28.8 Å². The van der Waals surface area contributed by atoms with Crippen LogP contribution in [0.3, 0.4) is 0 Å². The van der Waals surface area contributed by atoms with E-state index in [1.165, 1.54) is 0 Å². The van der Waals surface area contributed by atoms with Crippen LogP contribution in [0.1, 0.15) is 44.9 Å². The number of unbranched alkanes of at least 4 members (excludes halogenated alkanes) is 1. The van der Waals surface area contributed by atoms with Crippen LogP contribution in [0.4, 0.5) is 0 Å². The molecular weight excluding hydrogens is 492 g/mol. The molecule has 0 aromatic carbocycles. The molecule has 210 valence electrons. The first kappa shape index (κ1) is 33.0. The summed E-state index contributed by atoms with van der Waals surface area (Å²) in [4.78, 5) is 76.1. The van der Waals surface area contributed by atoms with E-state index in [0.717, 1.165) is 0 Å². The number of carbonyl (C=O) groups is 6. The van der Waals surface area contributed by atoms with Gasteiger partial charge in [-0.3, -0.25) is 29.0 Å². The van der Waals surface area contributed by atoms with E-state index in [0.29, 0.717) is 25.8 Å². The van der Waals surface area contributed by atoms with Gasteiger partial charge < -0.3 is 55.5 Å². The fourth-order valence-electron chi connectivity index (χ4n) is 3.04. The van der Waals surface area contributed by atoms with Crippen LogP contribution >= 0.6 is 0 Å². The lowest BCUT2D eigenvalue weighted by Crippen LogP contribution is -2.58. The number of nitrogens with two attached hydrogens (primary N) is 6. The smallest absolute Gasteiger partial charge is 0.326 e. The van der Waals surface area contributed by atoms with Gasteiger partial charge in [-0.25, -0.2) is 4.79 Å². The molecule has 0 aromatic heterocycles. The first-order valence-corrected chi connectivity index (χ1v) is 11.5. The number of aliphatic imine (C=N–C) groups is 1. The van der Waals surface area contributed by atoms with E-state index in [4.69, 9.17) is 34.4 Å². The van der Waals surface area contributed by atoms with Crippen molar-refractivity contribution in [3.63, 3.8) is 0 Å². The van der Waals surface area contributed by atoms with Crippen molar-refractivity contribution in [2.75, 3.05) is 13.1 Å². The highest BCUT2D eigenvalue weighted by Crippen LogP contribution is 2.04. The van der Waals surface area contributed by atoms with Gasteiger partial charge in [0, 0.05) is 6.54 Å². The molecule has 4 unspecified atom stereocenters. The van der Waals surface area contributed by atoms with E-state index in [2.05, 4.69) is 20.9 Å². The molecule has 0 rings (SSSR count). The minimum Gasteiger partial charge on any atom is -0.480 e. The summed E-state index contributed by atoms with van der Waals surface area (Å²) in [7, 11) is 0. The average Bonchev–Trinajstić information content (AvgIpc) is 2.79. The minimum absolute atomic E-state index is 0.0525. The predicted molar refractivity (Wildman–Crippen MR) is 132 cm³/mol. The molecule has 0 heterocycles. The van der Waals surface area contributed by atoms with Crippen LogP contribution in [0, 0.1) is 0 Å². The molecule has 5 amide bonds. The van der Waals surface area contributed by atoms with E-state index in [-0.39, 0.29) is 25.3 Å². The van der Waals surface area contributed by atoms with Crippen LogP contribution in [0.2, 0.25) is 0 Å². The molecule has 37 heavy (non-hydrogen) atoms. The predicted octanol–water partition coefficient (Wildman–Crippen LogP) is -5.21. The third kappa shape index (κ3) is 14.9. The third-order valence-electron chi connectivity index (χ3n) is 4.94. The number of amides is 5. The topological polar surface area (TPSA) is 327 Å². The van der Waals surface area contributed by atoms with E-state index < -0.39 is 72.5 Å². The summed E-state index contributed by atoms with van der Waals surface area (Å²) in [6.07, 6.45) is 0.119. The summed E-state index contributed by atoms with van der Waals surface area (Å²) in [5, 5.41) is 16.1. The fraction of sp³-hybridized carbons (Fsp3) is 0.650. The summed E-state index contributed by atoms with van der Waals surface area (Å²) in [6.45, 7) is 0.537. The van der Waals surface area contributed by atoms with Gasteiger partial charge in [0.05, 0.1) is 18.9 Å². The lowest BCUT2D eigenvalue weighted by Gasteiger charge is -2.24. The van der Waals surface area contributed by atoms with Gasteiger partial charge >= 0.3 is 5.97 Å². The largest absolute Gasteiger partial charge is 0.480 e. The molecule has 0 spiro atoms. The normalized spacial score (nSPS) is 13.8. The molecule has 0 aliphatic carbocycles. The van der Waals surface area contributed by atoms with Gasteiger partial charge in [0.2, 0.25) is 29.5 Å². The Bertz CT molecular complexity index is 847. The van der Waals surface area contributed by atoms with Crippen molar-refractivity contribution in [3.8, 4) is 0 Å². The molecule has 17 heteroatoms. The van der Waals surface area contributed by atoms with Gasteiger partial charge in [0.25, 0.3) is 0 Å². The number of rotatable bonds is 19. The van der Waals surface area contributed by atoms with Crippen LogP contribution in [0.25, 0.3) is 0 Å². The van der Waals surface area contributed by atoms with Crippen molar-refractivity contribution in [2.45, 2.75) is 69.1 Å². The van der Waals surface area contributed by atoms with E-state index in [9.17, 15) is 33.9 Å². The molecule has 0 fully saturated rings. The van der Waals surface area contributed by atoms with Crippen LogP contribution in [-0.4, -0.2) is 83.8 Å². The Hall–Kier alpha value is -3.99. The van der Waals surface area contributed by atoms with Crippen LogP contribution in [0.5, 0.6) is 0 Å². The Labute approximate surface area is 213 Å². The van der Waals surface area contributed by atoms with Gasteiger partial charge in [0.1, 0.15) is 18.1 Å². The fourth-order valence-corrected chi connectivity index (χ4v) is 3.04. The molecule has 17 nitrogen and oxygen atoms in total. The zero-order chi connectivity index (χ0) is 28.5. The zero-order valence-corrected chi connectivity index (χ0v) is 20.5. The molecule has 4 atom stereocenters. The molecule has 0 aliphatic rings. The standard InChI is InChI=1S/C20H38N10O7/c21-6-2-1-5-11(19(36)37)28-17(34)13(9-15(24)32)30-18(35)12(8-14(23)31)29-16(33)10(22)4-3-7-27-20(25)26/h10-13H,1-9,21-22H2,(H2,23,31)(H2,24,32)(H,28,34)(H,29,33)(H,30,35)(H,36,37)(H4,25,26,27). The number of nitrogens with zero attached hydrogens (tertiary/aromatic N) is 1. The summed E-state index contributed by atoms with van der Waals surface area (Å²) in [5.41, 5.74) is 31.9. The number of guanidine groups is 1. The maximum absolute atomic E-state index is 12.8. The summed E-state index contributed by atoms with van der Waals surface area (Å²) in [6, 6.07) is -5.55. The molecule has 0 saturated carbocycles. The van der Waals surface area contributed by atoms with Crippen molar-refractivity contribution >= 4 is 41.5 Å². The van der Waals surface area contributed by atoms with Crippen molar-refractivity contribution in [1.82, 2.24) is 16.0 Å². The zero-order valence-electron chi connectivity index (χ0n) is 20.5. The van der Waals surface area contributed by atoms with Crippen molar-refractivity contribution in [1.29, 1.82) is 0 Å². The molecule has 0 bridgehead atoms. The molecule has 0 aromatic rings. The minimum atomic E-state index is -1.60. The van der Waals surface area contributed by atoms with Crippen molar-refractivity contribution in [2.24, 2.45) is 39.4 Å². The number of aliphatic carboxylic acids is 1. The van der Waals surface area contributed by atoms with Gasteiger partial charge in [-0.1, -0.05) is 0 Å². The SMILES string of the molecule is NCCCCC(NC(=O)C(CC(N)=O)NC(=O)C(CC(N)=O)NC(=O)C(N)CCCN=C(N)N)C(=O)O. The number of nitrogens with one attached hydrogen (secondary N) is 3. The second kappa shape index (κ2) is 17.4. The lowest BCUT2D eigenvalue weighted by molar-refractivity contribution is -0.142. The number of carboxylic acids is 1.